The predicted molar refractivity (Wildman–Crippen MR) is 99.7 cm³/mol. The highest BCUT2D eigenvalue weighted by Gasteiger charge is 2.41. The van der Waals surface area contributed by atoms with E-state index in [1.807, 2.05) is 0 Å². The highest BCUT2D eigenvalue weighted by Crippen LogP contribution is 2.34. The van der Waals surface area contributed by atoms with Gasteiger partial charge in [0, 0.05) is 24.6 Å². The summed E-state index contributed by atoms with van der Waals surface area (Å²) in [6.07, 6.45) is 1.44. The van der Waals surface area contributed by atoms with Crippen molar-refractivity contribution in [2.24, 2.45) is 5.92 Å². The monoisotopic (exact) mass is 395 g/mol. The minimum absolute atomic E-state index is 0.210. The number of methoxy groups -OCH3 is 1. The van der Waals surface area contributed by atoms with Gasteiger partial charge in [-0.1, -0.05) is 18.2 Å². The van der Waals surface area contributed by atoms with Gasteiger partial charge in [0.25, 0.3) is 5.91 Å². The molecule has 3 aromatic rings. The Kier molecular flexibility index (Phi) is 5.03. The summed E-state index contributed by atoms with van der Waals surface area (Å²) in [5, 5.41) is 11.0. The summed E-state index contributed by atoms with van der Waals surface area (Å²) in [6, 6.07) is 12.9. The topological polar surface area (TPSA) is 90.2 Å². The number of ether oxygens (including phenoxy) is 1. The van der Waals surface area contributed by atoms with Crippen LogP contribution in [-0.2, 0) is 9.53 Å². The van der Waals surface area contributed by atoms with E-state index in [2.05, 4.69) is 15.5 Å². The molecule has 0 N–H and O–H groups in total. The van der Waals surface area contributed by atoms with Crippen molar-refractivity contribution in [2.75, 3.05) is 20.2 Å². The number of halogens is 1. The van der Waals surface area contributed by atoms with E-state index in [0.717, 1.165) is 5.56 Å². The van der Waals surface area contributed by atoms with E-state index in [4.69, 9.17) is 4.74 Å². The second-order valence-electron chi connectivity index (χ2n) is 6.80. The smallest absolute Gasteiger partial charge is 0.311 e. The van der Waals surface area contributed by atoms with Gasteiger partial charge in [-0.15, -0.1) is 5.10 Å². The van der Waals surface area contributed by atoms with Crippen LogP contribution < -0.4 is 0 Å². The minimum atomic E-state index is -0.517. The summed E-state index contributed by atoms with van der Waals surface area (Å²) in [4.78, 5) is 27.0. The van der Waals surface area contributed by atoms with Crippen molar-refractivity contribution in [1.82, 2.24) is 25.1 Å². The zero-order valence-electron chi connectivity index (χ0n) is 15.6. The quantitative estimate of drug-likeness (QED) is 0.626. The molecule has 1 fully saturated rings. The lowest BCUT2D eigenvalue weighted by molar-refractivity contribution is -0.145. The maximum atomic E-state index is 13.3. The van der Waals surface area contributed by atoms with Crippen molar-refractivity contribution < 1.29 is 18.7 Å². The number of tetrazole rings is 1. The number of hydrogen-bond donors (Lipinski definition) is 0. The molecule has 2 atom stereocenters. The van der Waals surface area contributed by atoms with Gasteiger partial charge in [0.05, 0.1) is 18.7 Å². The van der Waals surface area contributed by atoms with E-state index in [-0.39, 0.29) is 24.2 Å². The van der Waals surface area contributed by atoms with Crippen molar-refractivity contribution in [3.63, 3.8) is 0 Å². The van der Waals surface area contributed by atoms with Crippen molar-refractivity contribution in [1.29, 1.82) is 0 Å². The Morgan fingerprint density at radius 1 is 1.14 bits per heavy atom. The molecule has 0 saturated carbocycles. The van der Waals surface area contributed by atoms with Crippen LogP contribution in [0.25, 0.3) is 5.69 Å². The van der Waals surface area contributed by atoms with E-state index in [0.29, 0.717) is 17.8 Å². The maximum absolute atomic E-state index is 13.3. The summed E-state index contributed by atoms with van der Waals surface area (Å²) < 4.78 is 19.7. The van der Waals surface area contributed by atoms with E-state index < -0.39 is 11.9 Å². The first-order valence-electron chi connectivity index (χ1n) is 9.03. The number of nitrogens with zero attached hydrogens (tertiary/aromatic N) is 5. The number of likely N-dealkylation sites (tertiary alicyclic amines) is 1. The maximum Gasteiger partial charge on any atom is 0.311 e. The van der Waals surface area contributed by atoms with Crippen LogP contribution in [0.1, 0.15) is 21.8 Å². The van der Waals surface area contributed by atoms with Crippen LogP contribution in [0, 0.1) is 11.7 Å². The van der Waals surface area contributed by atoms with Crippen LogP contribution >= 0.6 is 0 Å². The van der Waals surface area contributed by atoms with Gasteiger partial charge < -0.3 is 9.64 Å². The van der Waals surface area contributed by atoms with Crippen molar-refractivity contribution in [3.8, 4) is 5.69 Å². The number of carbonyl (C=O) groups excluding carboxylic acids is 2. The van der Waals surface area contributed by atoms with Gasteiger partial charge in [-0.25, -0.2) is 9.07 Å². The van der Waals surface area contributed by atoms with E-state index >= 15 is 0 Å². The largest absolute Gasteiger partial charge is 0.469 e. The van der Waals surface area contributed by atoms with E-state index in [1.54, 1.807) is 41.3 Å². The summed E-state index contributed by atoms with van der Waals surface area (Å²) >= 11 is 0. The summed E-state index contributed by atoms with van der Waals surface area (Å²) in [7, 11) is 1.32. The second-order valence-corrected chi connectivity index (χ2v) is 6.80. The Hall–Kier alpha value is -3.62. The molecular formula is C20H18FN5O3. The Morgan fingerprint density at radius 2 is 1.93 bits per heavy atom. The lowest BCUT2D eigenvalue weighted by Gasteiger charge is -2.17. The normalized spacial score (nSPS) is 18.6. The lowest BCUT2D eigenvalue weighted by atomic mass is 9.89. The fraction of sp³-hybridized carbons (Fsp3) is 0.250. The number of hydrogen-bond acceptors (Lipinski definition) is 6. The molecule has 1 amide bonds. The molecule has 29 heavy (non-hydrogen) atoms. The summed E-state index contributed by atoms with van der Waals surface area (Å²) in [5.41, 5.74) is 1.90. The molecule has 4 rings (SSSR count). The van der Waals surface area contributed by atoms with Crippen LogP contribution in [0.5, 0.6) is 0 Å². The third kappa shape index (κ3) is 3.71. The fourth-order valence-electron chi connectivity index (χ4n) is 3.65. The first-order chi connectivity index (χ1) is 14.1. The molecule has 148 valence electrons. The van der Waals surface area contributed by atoms with Gasteiger partial charge in [0.2, 0.25) is 0 Å². The zero-order valence-corrected chi connectivity index (χ0v) is 15.6. The van der Waals surface area contributed by atoms with Crippen molar-refractivity contribution >= 4 is 11.9 Å². The molecule has 8 nitrogen and oxygen atoms in total. The van der Waals surface area contributed by atoms with Gasteiger partial charge in [0.15, 0.2) is 0 Å². The molecule has 1 aliphatic rings. The molecule has 0 bridgehead atoms. The molecule has 0 radical (unpaired) electrons. The molecule has 1 aromatic heterocycles. The fourth-order valence-corrected chi connectivity index (χ4v) is 3.65. The predicted octanol–water partition coefficient (Wildman–Crippen LogP) is 1.83. The highest BCUT2D eigenvalue weighted by molar-refractivity contribution is 5.95. The molecule has 9 heteroatoms. The van der Waals surface area contributed by atoms with Gasteiger partial charge >= 0.3 is 5.97 Å². The molecule has 0 spiro atoms. The molecule has 1 aliphatic heterocycles. The van der Waals surface area contributed by atoms with Crippen LogP contribution in [0.4, 0.5) is 4.39 Å². The third-order valence-corrected chi connectivity index (χ3v) is 5.12. The first kappa shape index (κ1) is 18.7. The Balaban J connectivity index is 1.60. The summed E-state index contributed by atoms with van der Waals surface area (Å²) in [6.45, 7) is 0.558. The number of rotatable bonds is 4. The lowest BCUT2D eigenvalue weighted by Crippen LogP contribution is -2.30. The van der Waals surface area contributed by atoms with Gasteiger partial charge in [-0.05, 0) is 46.3 Å². The molecule has 2 heterocycles. The van der Waals surface area contributed by atoms with Crippen LogP contribution in [-0.4, -0.2) is 57.2 Å². The third-order valence-electron chi connectivity index (χ3n) is 5.12. The number of amides is 1. The number of carbonyl (C=O) groups is 2. The van der Waals surface area contributed by atoms with Crippen molar-refractivity contribution in [2.45, 2.75) is 5.92 Å². The van der Waals surface area contributed by atoms with Crippen LogP contribution in [0.15, 0.2) is 54.9 Å². The van der Waals surface area contributed by atoms with Crippen LogP contribution in [0.2, 0.25) is 0 Å². The SMILES string of the molecule is COC(=O)[C@H]1CN(C(=O)c2cccc(-n3cnnn3)c2)C[C@@H]1c1ccc(F)cc1. The van der Waals surface area contributed by atoms with Gasteiger partial charge in [-0.2, -0.15) is 0 Å². The average Bonchev–Trinajstić information content (AvgIpc) is 3.44. The van der Waals surface area contributed by atoms with Gasteiger partial charge in [-0.3, -0.25) is 9.59 Å². The summed E-state index contributed by atoms with van der Waals surface area (Å²) in [5.74, 6) is -1.74. The zero-order chi connectivity index (χ0) is 20.4. The van der Waals surface area contributed by atoms with E-state index in [9.17, 15) is 14.0 Å². The van der Waals surface area contributed by atoms with Crippen LogP contribution in [0.3, 0.4) is 0 Å². The van der Waals surface area contributed by atoms with Crippen molar-refractivity contribution in [3.05, 3.63) is 71.8 Å². The Bertz CT molecular complexity index is 1020. The Labute approximate surface area is 165 Å². The highest BCUT2D eigenvalue weighted by atomic mass is 19.1. The first-order valence-corrected chi connectivity index (χ1v) is 9.03. The molecular weight excluding hydrogens is 377 g/mol. The average molecular weight is 395 g/mol. The number of aromatic nitrogens is 4. The number of esters is 1. The minimum Gasteiger partial charge on any atom is -0.469 e. The molecule has 2 aromatic carbocycles. The number of benzene rings is 2. The van der Waals surface area contributed by atoms with E-state index in [1.165, 1.54) is 30.3 Å². The molecule has 0 aliphatic carbocycles. The Morgan fingerprint density at radius 3 is 2.62 bits per heavy atom. The molecule has 1 saturated heterocycles. The molecule has 0 unspecified atom stereocenters. The standard InChI is InChI=1S/C20H18FN5O3/c1-29-20(28)18-11-25(10-17(18)13-5-7-15(21)8-6-13)19(27)14-3-2-4-16(9-14)26-12-22-23-24-26/h2-9,12,17-18H,10-11H2,1H3/t17-,18+/m1/s1. The second kappa shape index (κ2) is 7.78. The van der Waals surface area contributed by atoms with Gasteiger partial charge in [0.1, 0.15) is 12.1 Å².